The zero-order valence-corrected chi connectivity index (χ0v) is 18.1. The van der Waals surface area contributed by atoms with Crippen molar-refractivity contribution in [1.82, 2.24) is 15.5 Å². The quantitative estimate of drug-likeness (QED) is 0.401. The van der Waals surface area contributed by atoms with Crippen molar-refractivity contribution in [2.45, 2.75) is 39.3 Å². The van der Waals surface area contributed by atoms with Gasteiger partial charge in [-0.1, -0.05) is 0 Å². The Hall–Kier alpha value is -2.64. The topological polar surface area (TPSA) is 84.4 Å². The molecule has 1 amide bonds. The van der Waals surface area contributed by atoms with Crippen LogP contribution >= 0.6 is 0 Å². The van der Waals surface area contributed by atoms with Crippen molar-refractivity contribution in [3.05, 3.63) is 23.8 Å². The first-order valence-electron chi connectivity index (χ1n) is 9.29. The van der Waals surface area contributed by atoms with Gasteiger partial charge in [0.1, 0.15) is 17.1 Å². The Labute approximate surface area is 168 Å². The van der Waals surface area contributed by atoms with Crippen molar-refractivity contribution in [2.75, 3.05) is 41.4 Å². The summed E-state index contributed by atoms with van der Waals surface area (Å²) in [5.74, 6) is 2.28. The zero-order chi connectivity index (χ0) is 21.2. The summed E-state index contributed by atoms with van der Waals surface area (Å²) < 4.78 is 15.9. The summed E-state index contributed by atoms with van der Waals surface area (Å²) in [6.07, 6.45) is 0.346. The Morgan fingerprint density at radius 2 is 1.82 bits per heavy atom. The molecule has 1 rings (SSSR count). The van der Waals surface area contributed by atoms with E-state index in [0.29, 0.717) is 19.6 Å². The smallest absolute Gasteiger partial charge is 0.407 e. The standard InChI is InChI=1S/C20H34N4O4/c1-20(2,3)28-19(25)23-12-8-11-22-18(21-4)24(5)14-15-9-10-16(26-6)13-17(15)27-7/h9-10,13H,8,11-12,14H2,1-7H3,(H,21,22)(H,23,25). The average Bonchev–Trinajstić information content (AvgIpc) is 2.63. The molecule has 8 heteroatoms. The van der Waals surface area contributed by atoms with E-state index in [0.717, 1.165) is 29.4 Å². The minimum atomic E-state index is -0.490. The highest BCUT2D eigenvalue weighted by Gasteiger charge is 2.15. The highest BCUT2D eigenvalue weighted by molar-refractivity contribution is 5.79. The maximum Gasteiger partial charge on any atom is 0.407 e. The fraction of sp³-hybridized carbons (Fsp3) is 0.600. The summed E-state index contributed by atoms with van der Waals surface area (Å²) in [5, 5.41) is 6.03. The Morgan fingerprint density at radius 1 is 1.14 bits per heavy atom. The number of carbonyl (C=O) groups excluding carboxylic acids is 1. The van der Waals surface area contributed by atoms with Gasteiger partial charge in [-0.2, -0.15) is 0 Å². The van der Waals surface area contributed by atoms with Crippen LogP contribution in [0, 0.1) is 0 Å². The van der Waals surface area contributed by atoms with Crippen molar-refractivity contribution in [1.29, 1.82) is 0 Å². The monoisotopic (exact) mass is 394 g/mol. The minimum absolute atomic E-state index is 0.402. The molecule has 0 fully saturated rings. The van der Waals surface area contributed by atoms with Crippen LogP contribution in [-0.4, -0.2) is 64.0 Å². The van der Waals surface area contributed by atoms with E-state index in [4.69, 9.17) is 14.2 Å². The summed E-state index contributed by atoms with van der Waals surface area (Å²) in [6, 6.07) is 5.75. The Kier molecular flexibility index (Phi) is 9.41. The SMILES string of the molecule is CN=C(NCCCNC(=O)OC(C)(C)C)N(C)Cc1ccc(OC)cc1OC. The second kappa shape index (κ2) is 11.3. The largest absolute Gasteiger partial charge is 0.497 e. The molecule has 0 saturated carbocycles. The molecule has 1 aromatic carbocycles. The predicted molar refractivity (Wildman–Crippen MR) is 111 cm³/mol. The fourth-order valence-corrected chi connectivity index (χ4v) is 2.49. The number of hydrogen-bond donors (Lipinski definition) is 2. The number of alkyl carbamates (subject to hydrolysis) is 1. The molecule has 1 aromatic rings. The van der Waals surface area contributed by atoms with Gasteiger partial charge in [0, 0.05) is 45.4 Å². The number of nitrogens with zero attached hydrogens (tertiary/aromatic N) is 2. The molecule has 2 N–H and O–H groups in total. The van der Waals surface area contributed by atoms with E-state index in [1.165, 1.54) is 0 Å². The van der Waals surface area contributed by atoms with Crippen LogP contribution in [0.1, 0.15) is 32.8 Å². The first-order chi connectivity index (χ1) is 13.2. The van der Waals surface area contributed by atoms with E-state index in [1.807, 2.05) is 50.9 Å². The van der Waals surface area contributed by atoms with Crippen LogP contribution in [0.5, 0.6) is 11.5 Å². The van der Waals surface area contributed by atoms with E-state index in [1.54, 1.807) is 21.3 Å². The van der Waals surface area contributed by atoms with Gasteiger partial charge in [-0.05, 0) is 39.3 Å². The van der Waals surface area contributed by atoms with Gasteiger partial charge in [0.2, 0.25) is 0 Å². The molecule has 0 unspecified atom stereocenters. The van der Waals surface area contributed by atoms with Crippen LogP contribution < -0.4 is 20.1 Å². The molecule has 0 atom stereocenters. The molecule has 0 aliphatic heterocycles. The van der Waals surface area contributed by atoms with Crippen LogP contribution in [0.15, 0.2) is 23.2 Å². The molecule has 0 aliphatic rings. The van der Waals surface area contributed by atoms with Crippen molar-refractivity contribution in [2.24, 2.45) is 4.99 Å². The number of carbonyl (C=O) groups is 1. The van der Waals surface area contributed by atoms with Gasteiger partial charge < -0.3 is 29.7 Å². The first-order valence-corrected chi connectivity index (χ1v) is 9.29. The van der Waals surface area contributed by atoms with Gasteiger partial charge in [0.05, 0.1) is 14.2 Å². The molecule has 0 heterocycles. The molecule has 0 aromatic heterocycles. The third-order valence-electron chi connectivity index (χ3n) is 3.78. The fourth-order valence-electron chi connectivity index (χ4n) is 2.49. The Bertz CT molecular complexity index is 656. The van der Waals surface area contributed by atoms with Crippen molar-refractivity contribution in [3.63, 3.8) is 0 Å². The van der Waals surface area contributed by atoms with E-state index >= 15 is 0 Å². The maximum absolute atomic E-state index is 11.6. The minimum Gasteiger partial charge on any atom is -0.497 e. The van der Waals surface area contributed by atoms with Gasteiger partial charge >= 0.3 is 6.09 Å². The summed E-state index contributed by atoms with van der Waals surface area (Å²) in [6.45, 7) is 7.34. The lowest BCUT2D eigenvalue weighted by Gasteiger charge is -2.23. The number of nitrogens with one attached hydrogen (secondary N) is 2. The summed E-state index contributed by atoms with van der Waals surface area (Å²) >= 11 is 0. The summed E-state index contributed by atoms with van der Waals surface area (Å²) in [4.78, 5) is 17.9. The van der Waals surface area contributed by atoms with Gasteiger partial charge in [0.15, 0.2) is 5.96 Å². The molecule has 158 valence electrons. The van der Waals surface area contributed by atoms with Crippen LogP contribution in [0.2, 0.25) is 0 Å². The second-order valence-corrected chi connectivity index (χ2v) is 7.29. The van der Waals surface area contributed by atoms with E-state index < -0.39 is 11.7 Å². The zero-order valence-electron chi connectivity index (χ0n) is 18.1. The predicted octanol–water partition coefficient (Wildman–Crippen LogP) is 2.63. The van der Waals surface area contributed by atoms with Crippen molar-refractivity contribution >= 4 is 12.1 Å². The van der Waals surface area contributed by atoms with Crippen LogP contribution in [0.3, 0.4) is 0 Å². The maximum atomic E-state index is 11.6. The van der Waals surface area contributed by atoms with Gasteiger partial charge in [-0.3, -0.25) is 4.99 Å². The molecular weight excluding hydrogens is 360 g/mol. The molecular formula is C20H34N4O4. The van der Waals surface area contributed by atoms with E-state index in [2.05, 4.69) is 15.6 Å². The molecule has 0 spiro atoms. The number of rotatable bonds is 8. The van der Waals surface area contributed by atoms with Crippen LogP contribution in [-0.2, 0) is 11.3 Å². The number of methoxy groups -OCH3 is 2. The first kappa shape index (κ1) is 23.4. The second-order valence-electron chi connectivity index (χ2n) is 7.29. The molecule has 0 aliphatic carbocycles. The summed E-state index contributed by atoms with van der Waals surface area (Å²) in [7, 11) is 6.97. The van der Waals surface area contributed by atoms with Crippen molar-refractivity contribution in [3.8, 4) is 11.5 Å². The number of aliphatic imine (C=N–C) groups is 1. The average molecular weight is 395 g/mol. The van der Waals surface area contributed by atoms with E-state index in [9.17, 15) is 4.79 Å². The summed E-state index contributed by atoms with van der Waals surface area (Å²) in [5.41, 5.74) is 0.538. The number of amides is 1. The lowest BCUT2D eigenvalue weighted by Crippen LogP contribution is -2.40. The number of benzene rings is 1. The van der Waals surface area contributed by atoms with Gasteiger partial charge in [-0.25, -0.2) is 4.79 Å². The third-order valence-corrected chi connectivity index (χ3v) is 3.78. The number of guanidine groups is 1. The van der Waals surface area contributed by atoms with Crippen LogP contribution in [0.4, 0.5) is 4.79 Å². The number of ether oxygens (including phenoxy) is 3. The number of hydrogen-bond acceptors (Lipinski definition) is 5. The van der Waals surface area contributed by atoms with Crippen LogP contribution in [0.25, 0.3) is 0 Å². The molecule has 0 bridgehead atoms. The highest BCUT2D eigenvalue weighted by Crippen LogP contribution is 2.25. The van der Waals surface area contributed by atoms with Crippen molar-refractivity contribution < 1.29 is 19.0 Å². The molecule has 0 radical (unpaired) electrons. The molecule has 28 heavy (non-hydrogen) atoms. The molecule has 0 saturated heterocycles. The lowest BCUT2D eigenvalue weighted by atomic mass is 10.2. The Balaban J connectivity index is 2.46. The van der Waals surface area contributed by atoms with Gasteiger partial charge in [0.25, 0.3) is 0 Å². The Morgan fingerprint density at radius 3 is 2.39 bits per heavy atom. The van der Waals surface area contributed by atoms with E-state index in [-0.39, 0.29) is 0 Å². The lowest BCUT2D eigenvalue weighted by molar-refractivity contribution is 0.0527. The molecule has 8 nitrogen and oxygen atoms in total. The third kappa shape index (κ3) is 8.37. The van der Waals surface area contributed by atoms with Gasteiger partial charge in [-0.15, -0.1) is 0 Å². The highest BCUT2D eigenvalue weighted by atomic mass is 16.6. The normalized spacial score (nSPS) is 11.6.